The molecule has 1 saturated heterocycles. The van der Waals surface area contributed by atoms with E-state index in [1.165, 1.54) is 0 Å². The first kappa shape index (κ1) is 15.4. The van der Waals surface area contributed by atoms with E-state index in [0.717, 1.165) is 42.9 Å². The maximum atomic E-state index is 12.0. The summed E-state index contributed by atoms with van der Waals surface area (Å²) in [6, 6.07) is 4.06. The van der Waals surface area contributed by atoms with Crippen molar-refractivity contribution in [1.29, 1.82) is 0 Å². The van der Waals surface area contributed by atoms with Crippen molar-refractivity contribution in [1.82, 2.24) is 14.8 Å². The number of carbonyl (C=O) groups excluding carboxylic acids is 1. The summed E-state index contributed by atoms with van der Waals surface area (Å²) < 4.78 is 1.00. The molecule has 2 rings (SSSR count). The van der Waals surface area contributed by atoms with Crippen molar-refractivity contribution in [3.63, 3.8) is 0 Å². The van der Waals surface area contributed by atoms with Gasteiger partial charge in [-0.05, 0) is 34.0 Å². The lowest BCUT2D eigenvalue weighted by molar-refractivity contribution is -0.133. The normalized spacial score (nSPS) is 16.7. The monoisotopic (exact) mass is 339 g/mol. The minimum absolute atomic E-state index is 0.293. The average Bonchev–Trinajstić information content (AvgIpc) is 2.41. The number of hydrogen-bond acceptors (Lipinski definition) is 3. The maximum Gasteiger partial charge on any atom is 0.222 e. The first-order chi connectivity index (χ1) is 9.54. The van der Waals surface area contributed by atoms with Crippen LogP contribution >= 0.6 is 15.9 Å². The van der Waals surface area contributed by atoms with E-state index in [-0.39, 0.29) is 0 Å². The first-order valence-electron chi connectivity index (χ1n) is 7.15. The second kappa shape index (κ2) is 7.18. The zero-order valence-electron chi connectivity index (χ0n) is 12.2. The van der Waals surface area contributed by atoms with Gasteiger partial charge < -0.3 is 4.90 Å². The summed E-state index contributed by atoms with van der Waals surface area (Å²) in [7, 11) is 0. The number of aromatic nitrogens is 1. The molecule has 0 spiro atoms. The number of carbonyl (C=O) groups is 1. The molecule has 1 amide bonds. The molecule has 4 nitrogen and oxygen atoms in total. The van der Waals surface area contributed by atoms with Gasteiger partial charge in [-0.3, -0.25) is 14.7 Å². The van der Waals surface area contributed by atoms with Crippen LogP contribution in [0.3, 0.4) is 0 Å². The highest BCUT2D eigenvalue weighted by molar-refractivity contribution is 9.10. The van der Waals surface area contributed by atoms with Crippen LogP contribution < -0.4 is 0 Å². The molecule has 5 heteroatoms. The Morgan fingerprint density at radius 1 is 1.30 bits per heavy atom. The molecule has 110 valence electrons. The number of halogens is 1. The summed E-state index contributed by atoms with van der Waals surface area (Å²) in [5.74, 6) is 0.730. The maximum absolute atomic E-state index is 12.0. The molecule has 0 radical (unpaired) electrons. The van der Waals surface area contributed by atoms with Gasteiger partial charge in [0.05, 0.1) is 5.69 Å². The smallest absolute Gasteiger partial charge is 0.222 e. The molecule has 0 aromatic carbocycles. The quantitative estimate of drug-likeness (QED) is 0.845. The minimum Gasteiger partial charge on any atom is -0.340 e. The molecule has 0 saturated carbocycles. The highest BCUT2D eigenvalue weighted by atomic mass is 79.9. The van der Waals surface area contributed by atoms with E-state index in [0.29, 0.717) is 18.2 Å². The Morgan fingerprint density at radius 3 is 2.55 bits per heavy atom. The van der Waals surface area contributed by atoms with Crippen LogP contribution in [0.2, 0.25) is 0 Å². The van der Waals surface area contributed by atoms with Gasteiger partial charge in [-0.15, -0.1) is 0 Å². The highest BCUT2D eigenvalue weighted by Gasteiger charge is 2.21. The second-order valence-corrected chi connectivity index (χ2v) is 6.64. The van der Waals surface area contributed by atoms with Gasteiger partial charge in [0.1, 0.15) is 0 Å². The predicted octanol–water partition coefficient (Wildman–Crippen LogP) is 2.53. The summed E-state index contributed by atoms with van der Waals surface area (Å²) in [6.45, 7) is 8.58. The molecular formula is C15H22BrN3O. The van der Waals surface area contributed by atoms with Gasteiger partial charge in [0.15, 0.2) is 0 Å². The largest absolute Gasteiger partial charge is 0.340 e. The fraction of sp³-hybridized carbons (Fsp3) is 0.600. The van der Waals surface area contributed by atoms with Crippen molar-refractivity contribution in [3.05, 3.63) is 28.5 Å². The van der Waals surface area contributed by atoms with Gasteiger partial charge >= 0.3 is 0 Å². The molecule has 1 aromatic rings. The van der Waals surface area contributed by atoms with Gasteiger partial charge in [0.25, 0.3) is 0 Å². The number of rotatable bonds is 4. The van der Waals surface area contributed by atoms with E-state index in [1.807, 2.05) is 23.2 Å². The first-order valence-corrected chi connectivity index (χ1v) is 7.94. The lowest BCUT2D eigenvalue weighted by Crippen LogP contribution is -2.48. The van der Waals surface area contributed by atoms with E-state index in [1.54, 1.807) is 0 Å². The summed E-state index contributed by atoms with van der Waals surface area (Å²) in [4.78, 5) is 20.7. The SMILES string of the molecule is CC(C)CC(=O)N1CCN(Cc2ccc(Br)cn2)CC1. The van der Waals surface area contributed by atoms with E-state index in [9.17, 15) is 4.79 Å². The third-order valence-corrected chi connectivity index (χ3v) is 3.95. The molecule has 0 aliphatic carbocycles. The third kappa shape index (κ3) is 4.56. The molecule has 0 unspecified atom stereocenters. The molecular weight excluding hydrogens is 318 g/mol. The number of amides is 1. The van der Waals surface area contributed by atoms with Crippen LogP contribution in [-0.2, 0) is 11.3 Å². The van der Waals surface area contributed by atoms with Crippen LogP contribution in [0.15, 0.2) is 22.8 Å². The molecule has 0 atom stereocenters. The zero-order chi connectivity index (χ0) is 14.5. The van der Waals surface area contributed by atoms with Crippen LogP contribution in [-0.4, -0.2) is 46.9 Å². The zero-order valence-corrected chi connectivity index (χ0v) is 13.8. The van der Waals surface area contributed by atoms with Crippen molar-refractivity contribution in [2.45, 2.75) is 26.8 Å². The fourth-order valence-electron chi connectivity index (χ4n) is 2.36. The molecule has 1 fully saturated rings. The number of piperazine rings is 1. The highest BCUT2D eigenvalue weighted by Crippen LogP contribution is 2.12. The number of nitrogens with zero attached hydrogens (tertiary/aromatic N) is 3. The van der Waals surface area contributed by atoms with Crippen LogP contribution in [0.5, 0.6) is 0 Å². The predicted molar refractivity (Wildman–Crippen MR) is 83.2 cm³/mol. The standard InChI is InChI=1S/C15H22BrN3O/c1-12(2)9-15(20)19-7-5-18(6-8-19)11-14-4-3-13(16)10-17-14/h3-4,10,12H,5-9,11H2,1-2H3. The van der Waals surface area contributed by atoms with E-state index >= 15 is 0 Å². The Hall–Kier alpha value is -0.940. The van der Waals surface area contributed by atoms with E-state index in [2.05, 4.69) is 39.7 Å². The van der Waals surface area contributed by atoms with Gasteiger partial charge in [-0.1, -0.05) is 13.8 Å². The van der Waals surface area contributed by atoms with Crippen molar-refractivity contribution < 1.29 is 4.79 Å². The fourth-order valence-corrected chi connectivity index (χ4v) is 2.60. The molecule has 1 aliphatic heterocycles. The molecule has 0 N–H and O–H groups in total. The van der Waals surface area contributed by atoms with Crippen molar-refractivity contribution in [2.75, 3.05) is 26.2 Å². The Kier molecular flexibility index (Phi) is 5.54. The molecule has 1 aliphatic rings. The molecule has 0 bridgehead atoms. The van der Waals surface area contributed by atoms with E-state index in [4.69, 9.17) is 0 Å². The van der Waals surface area contributed by atoms with Crippen LogP contribution in [0, 0.1) is 5.92 Å². The van der Waals surface area contributed by atoms with Gasteiger partial charge in [-0.25, -0.2) is 0 Å². The topological polar surface area (TPSA) is 36.4 Å². The molecule has 2 heterocycles. The molecule has 20 heavy (non-hydrogen) atoms. The Morgan fingerprint density at radius 2 is 2.00 bits per heavy atom. The number of hydrogen-bond donors (Lipinski definition) is 0. The second-order valence-electron chi connectivity index (χ2n) is 5.72. The van der Waals surface area contributed by atoms with Crippen LogP contribution in [0.25, 0.3) is 0 Å². The third-order valence-electron chi connectivity index (χ3n) is 3.48. The average molecular weight is 340 g/mol. The molecule has 1 aromatic heterocycles. The summed E-state index contributed by atoms with van der Waals surface area (Å²) >= 11 is 3.39. The van der Waals surface area contributed by atoms with Crippen molar-refractivity contribution in [3.8, 4) is 0 Å². The van der Waals surface area contributed by atoms with Crippen LogP contribution in [0.1, 0.15) is 26.0 Å². The lowest BCUT2D eigenvalue weighted by Gasteiger charge is -2.34. The number of pyridine rings is 1. The van der Waals surface area contributed by atoms with Gasteiger partial charge in [0, 0.05) is 49.8 Å². The summed E-state index contributed by atoms with van der Waals surface area (Å²) in [6.07, 6.45) is 2.49. The van der Waals surface area contributed by atoms with Gasteiger partial charge in [0.2, 0.25) is 5.91 Å². The minimum atomic E-state index is 0.293. The Balaban J connectivity index is 1.79. The summed E-state index contributed by atoms with van der Waals surface area (Å²) in [5.41, 5.74) is 1.08. The van der Waals surface area contributed by atoms with Crippen molar-refractivity contribution in [2.24, 2.45) is 5.92 Å². The Labute approximate surface area is 129 Å². The summed E-state index contributed by atoms with van der Waals surface area (Å²) in [5, 5.41) is 0. The van der Waals surface area contributed by atoms with Crippen LogP contribution in [0.4, 0.5) is 0 Å². The van der Waals surface area contributed by atoms with Crippen molar-refractivity contribution >= 4 is 21.8 Å². The van der Waals surface area contributed by atoms with E-state index < -0.39 is 0 Å². The van der Waals surface area contributed by atoms with Gasteiger partial charge in [-0.2, -0.15) is 0 Å². The lowest BCUT2D eigenvalue weighted by atomic mass is 10.1. The Bertz CT molecular complexity index is 439.